The molecule has 0 aliphatic rings. The largest absolute Gasteiger partial charge is 1.00 e. The molecule has 56 heavy (non-hydrogen) atoms. The van der Waals surface area contributed by atoms with Crippen LogP contribution in [0.5, 0.6) is 0 Å². The van der Waals surface area contributed by atoms with E-state index in [0.29, 0.717) is 0 Å². The molecule has 2 aromatic heterocycles. The van der Waals surface area contributed by atoms with Gasteiger partial charge in [0.1, 0.15) is 0 Å². The van der Waals surface area contributed by atoms with E-state index in [0.717, 1.165) is 22.2 Å². The first-order chi connectivity index (χ1) is 26.5. The normalized spacial score (nSPS) is 10.5. The Morgan fingerprint density at radius 1 is 0.429 bits per heavy atom. The maximum atomic E-state index is 4.63. The first kappa shape index (κ1) is 40.7. The van der Waals surface area contributed by atoms with Crippen molar-refractivity contribution in [1.29, 1.82) is 0 Å². The van der Waals surface area contributed by atoms with Gasteiger partial charge in [0, 0.05) is 23.2 Å². The van der Waals surface area contributed by atoms with E-state index in [4.69, 9.17) is 0 Å². The summed E-state index contributed by atoms with van der Waals surface area (Å²) in [5.41, 5.74) is 12.1. The summed E-state index contributed by atoms with van der Waals surface area (Å²) in [5.74, 6) is 0. The zero-order valence-electron chi connectivity index (χ0n) is 31.1. The van der Waals surface area contributed by atoms with Gasteiger partial charge in [-0.25, -0.2) is 0 Å². The summed E-state index contributed by atoms with van der Waals surface area (Å²) in [5, 5.41) is 7.43. The van der Waals surface area contributed by atoms with Crippen LogP contribution in [-0.2, 0) is 23.3 Å². The predicted octanol–water partition coefficient (Wildman–Crippen LogP) is 7.67. The molecule has 0 spiro atoms. The van der Waals surface area contributed by atoms with Crippen LogP contribution >= 0.6 is 0 Å². The molecular formula is C50H38Cl2N2SiZr-2. The van der Waals surface area contributed by atoms with Crippen molar-refractivity contribution < 1.29 is 48.1 Å². The van der Waals surface area contributed by atoms with E-state index < -0.39 is 0 Å². The molecule has 0 unspecified atom stereocenters. The predicted molar refractivity (Wildman–Crippen MR) is 229 cm³/mol. The summed E-state index contributed by atoms with van der Waals surface area (Å²) in [6.45, 7) is 4.62. The van der Waals surface area contributed by atoms with Gasteiger partial charge in [-0.15, -0.1) is 69.1 Å². The Bertz CT molecular complexity index is 2690. The van der Waals surface area contributed by atoms with Gasteiger partial charge in [-0.05, 0) is 35.4 Å². The molecule has 0 N–H and O–H groups in total. The van der Waals surface area contributed by atoms with E-state index in [1.54, 1.807) is 23.3 Å². The van der Waals surface area contributed by atoms with Crippen molar-refractivity contribution in [1.82, 2.24) is 9.97 Å². The van der Waals surface area contributed by atoms with Crippen LogP contribution in [-0.4, -0.2) is 15.4 Å². The number of para-hydroxylation sites is 2. The maximum Gasteiger partial charge on any atom is 0.0702 e. The number of hydrogen-bond acceptors (Lipinski definition) is 2. The Balaban J connectivity index is 0.000000168. The van der Waals surface area contributed by atoms with Gasteiger partial charge in [0.25, 0.3) is 0 Å². The molecule has 0 saturated heterocycles. The van der Waals surface area contributed by atoms with Crippen molar-refractivity contribution in [3.63, 3.8) is 0 Å². The third-order valence-corrected chi connectivity index (χ3v) is 9.52. The fourth-order valence-electron chi connectivity index (χ4n) is 7.00. The quantitative estimate of drug-likeness (QED) is 0.134. The van der Waals surface area contributed by atoms with Crippen LogP contribution < -0.4 is 24.8 Å². The molecule has 0 fully saturated rings. The van der Waals surface area contributed by atoms with Crippen LogP contribution in [0.3, 0.4) is 0 Å². The summed E-state index contributed by atoms with van der Waals surface area (Å²) in [6.07, 6.45) is 3.96. The molecule has 0 bridgehead atoms. The molecule has 0 aliphatic heterocycles. The van der Waals surface area contributed by atoms with Crippen LogP contribution in [0.25, 0.3) is 87.9 Å². The second kappa shape index (κ2) is 18.8. The van der Waals surface area contributed by atoms with Gasteiger partial charge in [0.05, 0.1) is 11.0 Å². The van der Waals surface area contributed by atoms with Crippen LogP contribution in [0.2, 0.25) is 13.1 Å². The van der Waals surface area contributed by atoms with E-state index in [-0.39, 0.29) is 30.2 Å². The molecule has 0 atom stereocenters. The van der Waals surface area contributed by atoms with Crippen molar-refractivity contribution in [2.24, 2.45) is 0 Å². The summed E-state index contributed by atoms with van der Waals surface area (Å²) in [7, 11) is 0. The van der Waals surface area contributed by atoms with Crippen molar-refractivity contribution in [3.05, 3.63) is 194 Å². The van der Waals surface area contributed by atoms with E-state index >= 15 is 0 Å². The van der Waals surface area contributed by atoms with Gasteiger partial charge in [-0.2, -0.15) is 0 Å². The van der Waals surface area contributed by atoms with Gasteiger partial charge in [0.15, 0.2) is 0 Å². The Morgan fingerprint density at radius 2 is 0.804 bits per heavy atom. The summed E-state index contributed by atoms with van der Waals surface area (Å²) >= 11 is 1.74. The molecule has 2 heterocycles. The zero-order chi connectivity index (χ0) is 36.9. The molecular weight excluding hydrogens is 819 g/mol. The second-order valence-electron chi connectivity index (χ2n) is 13.7. The molecule has 10 aromatic rings. The molecule has 10 rings (SSSR count). The number of benzene rings is 6. The van der Waals surface area contributed by atoms with Gasteiger partial charge < -0.3 is 24.8 Å². The monoisotopic (exact) mass is 854 g/mol. The van der Waals surface area contributed by atoms with Gasteiger partial charge >= 0.3 is 41.9 Å². The van der Waals surface area contributed by atoms with Gasteiger partial charge in [-0.3, -0.25) is 9.97 Å². The fourth-order valence-corrected chi connectivity index (χ4v) is 7.00. The molecule has 272 valence electrons. The molecule has 0 saturated carbocycles. The van der Waals surface area contributed by atoms with E-state index in [2.05, 4.69) is 193 Å². The van der Waals surface area contributed by atoms with Crippen LogP contribution in [0.1, 0.15) is 0 Å². The average molecular weight is 857 g/mol. The molecule has 2 nitrogen and oxygen atoms in total. The number of hydrogen-bond donors (Lipinski definition) is 0. The number of pyridine rings is 2. The summed E-state index contributed by atoms with van der Waals surface area (Å²) in [6, 6.07) is 64.1. The zero-order valence-corrected chi connectivity index (χ0v) is 36.1. The Labute approximate surface area is 356 Å². The summed E-state index contributed by atoms with van der Waals surface area (Å²) in [4.78, 5) is 9.26. The Hall–Kier alpha value is -4.96. The van der Waals surface area contributed by atoms with E-state index in [1.807, 2.05) is 24.5 Å². The topological polar surface area (TPSA) is 25.8 Å². The first-order valence-corrected chi connectivity index (χ1v) is 24.4. The first-order valence-electron chi connectivity index (χ1n) is 18.2. The van der Waals surface area contributed by atoms with Crippen molar-refractivity contribution in [2.75, 3.05) is 0 Å². The molecule has 0 radical (unpaired) electrons. The Morgan fingerprint density at radius 3 is 1.21 bits per heavy atom. The number of fused-ring (bicyclic) bond motifs is 4. The van der Waals surface area contributed by atoms with Crippen LogP contribution in [0.4, 0.5) is 0 Å². The van der Waals surface area contributed by atoms with Crippen molar-refractivity contribution >= 4 is 48.8 Å². The maximum absolute atomic E-state index is 4.63. The molecule has 0 aliphatic carbocycles. The fraction of sp³-hybridized carbons (Fsp3) is 0.0400. The SMILES string of the molecule is C[Si](C)=[Zr+2].[Cl-].[Cl-].c1ccc(-c2cc3c(-c4cnc5ccccc5c4)cccc3[cH-]2)cc1.c1ccc(-c2cc3c(-c4cnc5ccccc5c4)cccc3[cH-]2)cc1. The van der Waals surface area contributed by atoms with Gasteiger partial charge in [0.2, 0.25) is 0 Å². The van der Waals surface area contributed by atoms with Gasteiger partial charge in [-0.1, -0.05) is 144 Å². The number of rotatable bonds is 4. The Kier molecular flexibility index (Phi) is 13.7. The molecule has 0 amide bonds. The third kappa shape index (κ3) is 9.18. The van der Waals surface area contributed by atoms with Crippen LogP contribution in [0.15, 0.2) is 194 Å². The van der Waals surface area contributed by atoms with Crippen LogP contribution in [0, 0.1) is 0 Å². The average Bonchev–Trinajstić information content (AvgIpc) is 3.87. The van der Waals surface area contributed by atoms with E-state index in [1.165, 1.54) is 65.7 Å². The standard InChI is InChI=1S/2C24H16N.C2H6Si.2ClH.Zr/c2*1-2-7-17(8-3-1)20-13-18-10-6-11-22(23(18)15-20)21-14-19-9-4-5-12-24(19)25-16-21;1-3-2;;;/h2*1-16H;1-2H3;2*1H;/q2*-1;;;;+2/p-2. The number of aromatic nitrogens is 2. The van der Waals surface area contributed by atoms with Crippen molar-refractivity contribution in [3.8, 4) is 44.5 Å². The van der Waals surface area contributed by atoms with E-state index in [9.17, 15) is 0 Å². The minimum Gasteiger partial charge on any atom is -1.00 e. The second-order valence-corrected chi connectivity index (χ2v) is 23.0. The molecule has 8 aromatic carbocycles. The third-order valence-electron chi connectivity index (χ3n) is 9.52. The summed E-state index contributed by atoms with van der Waals surface area (Å²) < 4.78 is 0. The minimum absolute atomic E-state index is 0. The smallest absolute Gasteiger partial charge is 0.0702 e. The molecule has 6 heteroatoms. The number of halogens is 2. The van der Waals surface area contributed by atoms with Crippen molar-refractivity contribution in [2.45, 2.75) is 13.1 Å². The number of nitrogens with zero attached hydrogens (tertiary/aromatic N) is 2. The minimum atomic E-state index is 0.